The van der Waals surface area contributed by atoms with Gasteiger partial charge in [-0.15, -0.1) is 0 Å². The summed E-state index contributed by atoms with van der Waals surface area (Å²) in [6.07, 6.45) is 1.04. The Hall–Kier alpha value is -1.44. The SMILES string of the molecule is CC(C)(C)OC(=O)N1CCC2(CC1)CCN(c1ccc(Br)c(C(F)F)n1)CC2. The van der Waals surface area contributed by atoms with Gasteiger partial charge >= 0.3 is 6.09 Å². The maximum Gasteiger partial charge on any atom is 0.410 e. The van der Waals surface area contributed by atoms with Crippen molar-refractivity contribution in [3.8, 4) is 0 Å². The first kappa shape index (κ1) is 21.3. The zero-order chi connectivity index (χ0) is 20.5. The van der Waals surface area contributed by atoms with E-state index < -0.39 is 12.0 Å². The summed E-state index contributed by atoms with van der Waals surface area (Å²) in [7, 11) is 0. The number of amides is 1. The first-order valence-electron chi connectivity index (χ1n) is 9.76. The van der Waals surface area contributed by atoms with Crippen molar-refractivity contribution in [3.05, 3.63) is 22.3 Å². The molecule has 8 heteroatoms. The lowest BCUT2D eigenvalue weighted by Crippen LogP contribution is -2.49. The van der Waals surface area contributed by atoms with E-state index in [1.54, 1.807) is 17.0 Å². The van der Waals surface area contributed by atoms with Gasteiger partial charge in [0.25, 0.3) is 6.43 Å². The Morgan fingerprint density at radius 1 is 1.14 bits per heavy atom. The number of anilines is 1. The first-order chi connectivity index (χ1) is 13.1. The molecule has 156 valence electrons. The molecule has 0 N–H and O–H groups in total. The number of alkyl halides is 2. The predicted octanol–water partition coefficient (Wildman–Crippen LogP) is 5.40. The minimum atomic E-state index is -2.59. The van der Waals surface area contributed by atoms with Crippen LogP contribution in [0, 0.1) is 5.41 Å². The van der Waals surface area contributed by atoms with Gasteiger partial charge in [-0.1, -0.05) is 0 Å². The summed E-state index contributed by atoms with van der Waals surface area (Å²) in [5, 5.41) is 0. The van der Waals surface area contributed by atoms with Gasteiger partial charge in [0.2, 0.25) is 0 Å². The summed E-state index contributed by atoms with van der Waals surface area (Å²) < 4.78 is 32.0. The van der Waals surface area contributed by atoms with Crippen molar-refractivity contribution in [1.29, 1.82) is 0 Å². The number of likely N-dealkylation sites (tertiary alicyclic amines) is 1. The Kier molecular flexibility index (Phi) is 6.17. The molecule has 3 heterocycles. The lowest BCUT2D eigenvalue weighted by atomic mass is 9.71. The van der Waals surface area contributed by atoms with Crippen LogP contribution in [0.2, 0.25) is 0 Å². The lowest BCUT2D eigenvalue weighted by molar-refractivity contribution is 0.00663. The fourth-order valence-electron chi connectivity index (χ4n) is 3.98. The summed E-state index contributed by atoms with van der Waals surface area (Å²) in [6, 6.07) is 3.44. The number of aromatic nitrogens is 1. The zero-order valence-corrected chi connectivity index (χ0v) is 18.3. The molecule has 0 saturated carbocycles. The predicted molar refractivity (Wildman–Crippen MR) is 108 cm³/mol. The van der Waals surface area contributed by atoms with Crippen LogP contribution in [0.15, 0.2) is 16.6 Å². The summed E-state index contributed by atoms with van der Waals surface area (Å²) in [5.41, 5.74) is -0.467. The molecule has 0 bridgehead atoms. The van der Waals surface area contributed by atoms with Gasteiger partial charge in [0.05, 0.1) is 0 Å². The number of rotatable bonds is 2. The average molecular weight is 460 g/mol. The van der Waals surface area contributed by atoms with E-state index in [0.717, 1.165) is 38.8 Å². The molecule has 1 spiro atoms. The summed E-state index contributed by atoms with van der Waals surface area (Å²) >= 11 is 3.14. The number of carbonyl (C=O) groups is 1. The maximum absolute atomic E-state index is 13.1. The molecule has 0 atom stereocenters. The van der Waals surface area contributed by atoms with Crippen molar-refractivity contribution >= 4 is 27.8 Å². The van der Waals surface area contributed by atoms with Crippen LogP contribution in [0.4, 0.5) is 19.4 Å². The summed E-state index contributed by atoms with van der Waals surface area (Å²) in [6.45, 7) is 8.64. The quantitative estimate of drug-likeness (QED) is 0.593. The number of halogens is 3. The normalized spacial score (nSPS) is 20.0. The third-order valence-corrected chi connectivity index (χ3v) is 6.36. The molecule has 28 heavy (non-hydrogen) atoms. The van der Waals surface area contributed by atoms with E-state index in [-0.39, 0.29) is 17.2 Å². The Bertz CT molecular complexity index is 706. The number of piperidine rings is 2. The van der Waals surface area contributed by atoms with Crippen molar-refractivity contribution in [1.82, 2.24) is 9.88 Å². The van der Waals surface area contributed by atoms with Gasteiger partial charge < -0.3 is 14.5 Å². The molecule has 0 radical (unpaired) electrons. The highest BCUT2D eigenvalue weighted by atomic mass is 79.9. The Morgan fingerprint density at radius 2 is 1.71 bits per heavy atom. The number of pyridine rings is 1. The minimum absolute atomic E-state index is 0.205. The van der Waals surface area contributed by atoms with Gasteiger partial charge in [-0.3, -0.25) is 0 Å². The molecule has 2 aliphatic rings. The molecule has 0 aromatic carbocycles. The fourth-order valence-corrected chi connectivity index (χ4v) is 4.37. The number of ether oxygens (including phenoxy) is 1. The highest BCUT2D eigenvalue weighted by molar-refractivity contribution is 9.10. The average Bonchev–Trinajstić information content (AvgIpc) is 2.62. The van der Waals surface area contributed by atoms with E-state index in [0.29, 0.717) is 23.4 Å². The molecule has 0 aliphatic carbocycles. The van der Waals surface area contributed by atoms with Crippen LogP contribution in [0.5, 0.6) is 0 Å². The van der Waals surface area contributed by atoms with E-state index in [9.17, 15) is 13.6 Å². The van der Waals surface area contributed by atoms with Gasteiger partial charge in [0, 0.05) is 30.7 Å². The number of hydrogen-bond acceptors (Lipinski definition) is 4. The van der Waals surface area contributed by atoms with Crippen LogP contribution < -0.4 is 4.90 Å². The standard InChI is InChI=1S/C20H28BrF2N3O2/c1-19(2,3)28-18(27)26-12-8-20(9-13-26)6-10-25(11-7-20)15-5-4-14(21)16(24-15)17(22)23/h4-5,17H,6-13H2,1-3H3. The third-order valence-electron chi connectivity index (χ3n) is 5.69. The molecule has 3 rings (SSSR count). The summed E-state index contributed by atoms with van der Waals surface area (Å²) in [5.74, 6) is 0.611. The van der Waals surface area contributed by atoms with Gasteiger partial charge in [0.15, 0.2) is 0 Å². The van der Waals surface area contributed by atoms with Crippen LogP contribution in [-0.2, 0) is 4.74 Å². The van der Waals surface area contributed by atoms with Crippen LogP contribution >= 0.6 is 15.9 Å². The van der Waals surface area contributed by atoms with E-state index in [1.807, 2.05) is 20.8 Å². The fraction of sp³-hybridized carbons (Fsp3) is 0.700. The van der Waals surface area contributed by atoms with E-state index in [2.05, 4.69) is 25.8 Å². The molecule has 1 aromatic heterocycles. The Labute approximate surface area is 173 Å². The van der Waals surface area contributed by atoms with Crippen molar-refractivity contribution in [2.24, 2.45) is 5.41 Å². The molecular weight excluding hydrogens is 432 g/mol. The molecule has 0 unspecified atom stereocenters. The Morgan fingerprint density at radius 3 is 2.25 bits per heavy atom. The van der Waals surface area contributed by atoms with Crippen LogP contribution in [-0.4, -0.2) is 47.8 Å². The molecule has 2 aliphatic heterocycles. The number of carbonyl (C=O) groups excluding carboxylic acids is 1. The van der Waals surface area contributed by atoms with Crippen molar-refractivity contribution in [2.45, 2.75) is 58.5 Å². The van der Waals surface area contributed by atoms with Gasteiger partial charge in [-0.25, -0.2) is 18.6 Å². The molecule has 2 fully saturated rings. The molecule has 5 nitrogen and oxygen atoms in total. The van der Waals surface area contributed by atoms with E-state index in [4.69, 9.17) is 4.74 Å². The van der Waals surface area contributed by atoms with E-state index in [1.165, 1.54) is 0 Å². The van der Waals surface area contributed by atoms with Crippen LogP contribution in [0.3, 0.4) is 0 Å². The second-order valence-electron chi connectivity index (χ2n) is 8.79. The maximum atomic E-state index is 13.1. The molecule has 2 saturated heterocycles. The molecular formula is C20H28BrF2N3O2. The minimum Gasteiger partial charge on any atom is -0.444 e. The second-order valence-corrected chi connectivity index (χ2v) is 9.65. The number of nitrogens with zero attached hydrogens (tertiary/aromatic N) is 3. The monoisotopic (exact) mass is 459 g/mol. The number of hydrogen-bond donors (Lipinski definition) is 0. The van der Waals surface area contributed by atoms with Crippen LogP contribution in [0.25, 0.3) is 0 Å². The molecule has 1 aromatic rings. The second kappa shape index (κ2) is 8.13. The highest BCUT2D eigenvalue weighted by Crippen LogP contribution is 2.42. The van der Waals surface area contributed by atoms with Crippen molar-refractivity contribution in [3.63, 3.8) is 0 Å². The topological polar surface area (TPSA) is 45.7 Å². The van der Waals surface area contributed by atoms with Gasteiger partial charge in [0.1, 0.15) is 17.1 Å². The van der Waals surface area contributed by atoms with Gasteiger partial charge in [-0.2, -0.15) is 0 Å². The Balaban J connectivity index is 1.56. The van der Waals surface area contributed by atoms with Crippen molar-refractivity contribution in [2.75, 3.05) is 31.1 Å². The van der Waals surface area contributed by atoms with E-state index >= 15 is 0 Å². The smallest absolute Gasteiger partial charge is 0.410 e. The van der Waals surface area contributed by atoms with Crippen LogP contribution in [0.1, 0.15) is 58.6 Å². The lowest BCUT2D eigenvalue weighted by Gasteiger charge is -2.47. The summed E-state index contributed by atoms with van der Waals surface area (Å²) in [4.78, 5) is 20.3. The third kappa shape index (κ3) is 4.93. The first-order valence-corrected chi connectivity index (χ1v) is 10.6. The van der Waals surface area contributed by atoms with Crippen molar-refractivity contribution < 1.29 is 18.3 Å². The highest BCUT2D eigenvalue weighted by Gasteiger charge is 2.39. The largest absolute Gasteiger partial charge is 0.444 e. The zero-order valence-electron chi connectivity index (χ0n) is 16.7. The molecule has 1 amide bonds. The van der Waals surface area contributed by atoms with Gasteiger partial charge in [-0.05, 0) is 79.9 Å².